The predicted molar refractivity (Wildman–Crippen MR) is 161 cm³/mol. The van der Waals surface area contributed by atoms with Crippen LogP contribution < -0.4 is 5.32 Å². The molecule has 1 aliphatic carbocycles. The summed E-state index contributed by atoms with van der Waals surface area (Å²) in [6.45, 7) is 0.237. The van der Waals surface area contributed by atoms with Crippen molar-refractivity contribution in [1.29, 1.82) is 0 Å². The number of carbonyl (C=O) groups excluding carboxylic acids is 1. The molecule has 206 valence electrons. The zero-order valence-electron chi connectivity index (χ0n) is 22.7. The molecule has 0 radical (unpaired) electrons. The van der Waals surface area contributed by atoms with Crippen LogP contribution in [0.5, 0.6) is 0 Å². The van der Waals surface area contributed by atoms with E-state index in [4.69, 9.17) is 0 Å². The number of amides is 1. The van der Waals surface area contributed by atoms with Crippen molar-refractivity contribution >= 4 is 28.2 Å². The molecule has 42 heavy (non-hydrogen) atoms. The Bertz CT molecular complexity index is 2000. The van der Waals surface area contributed by atoms with Crippen LogP contribution >= 0.6 is 0 Å². The highest BCUT2D eigenvalue weighted by molar-refractivity contribution is 6.03. The highest BCUT2D eigenvalue weighted by Gasteiger charge is 2.47. The Hall–Kier alpha value is -5.23. The SMILES string of the molecule is O=C(O)c1ccc(CNC(=O)c2cc(-c3cccc(F)c3)cn3ccc(C4(c5ccc6ccccc6c5)CC4)c23)cc1. The van der Waals surface area contributed by atoms with E-state index in [1.54, 1.807) is 18.2 Å². The van der Waals surface area contributed by atoms with E-state index < -0.39 is 5.97 Å². The summed E-state index contributed by atoms with van der Waals surface area (Å²) in [7, 11) is 0. The Morgan fingerprint density at radius 2 is 1.62 bits per heavy atom. The van der Waals surface area contributed by atoms with E-state index in [9.17, 15) is 19.1 Å². The molecule has 1 saturated carbocycles. The van der Waals surface area contributed by atoms with Crippen LogP contribution in [0.1, 0.15) is 50.2 Å². The van der Waals surface area contributed by atoms with Gasteiger partial charge in [-0.25, -0.2) is 9.18 Å². The number of hydrogen-bond acceptors (Lipinski definition) is 2. The second kappa shape index (κ2) is 10.00. The molecule has 4 aromatic carbocycles. The molecule has 7 rings (SSSR count). The van der Waals surface area contributed by atoms with E-state index in [-0.39, 0.29) is 29.2 Å². The Morgan fingerprint density at radius 1 is 0.833 bits per heavy atom. The molecule has 1 amide bonds. The minimum absolute atomic E-state index is 0.191. The topological polar surface area (TPSA) is 70.8 Å². The van der Waals surface area contributed by atoms with Crippen molar-refractivity contribution in [2.45, 2.75) is 24.8 Å². The quantitative estimate of drug-likeness (QED) is 0.213. The Kier molecular flexibility index (Phi) is 6.12. The summed E-state index contributed by atoms with van der Waals surface area (Å²) in [5.41, 5.74) is 5.86. The van der Waals surface area contributed by atoms with E-state index in [1.165, 1.54) is 40.6 Å². The monoisotopic (exact) mass is 554 g/mol. The number of nitrogens with one attached hydrogen (secondary N) is 1. The number of aromatic nitrogens is 1. The number of nitrogens with zero attached hydrogens (tertiary/aromatic N) is 1. The summed E-state index contributed by atoms with van der Waals surface area (Å²) in [5.74, 6) is -1.59. The molecule has 2 N–H and O–H groups in total. The second-order valence-corrected chi connectivity index (χ2v) is 11.0. The first-order valence-electron chi connectivity index (χ1n) is 13.9. The van der Waals surface area contributed by atoms with Crippen molar-refractivity contribution in [3.63, 3.8) is 0 Å². The maximum Gasteiger partial charge on any atom is 0.335 e. The minimum Gasteiger partial charge on any atom is -0.478 e. The molecular formula is C36H27FN2O3. The largest absolute Gasteiger partial charge is 0.478 e. The molecule has 1 aliphatic rings. The molecule has 6 heteroatoms. The second-order valence-electron chi connectivity index (χ2n) is 11.0. The lowest BCUT2D eigenvalue weighted by molar-refractivity contribution is 0.0696. The fraction of sp³-hybridized carbons (Fsp3) is 0.111. The molecule has 0 aliphatic heterocycles. The molecule has 5 nitrogen and oxygen atoms in total. The van der Waals surface area contributed by atoms with E-state index in [1.807, 2.05) is 41.1 Å². The summed E-state index contributed by atoms with van der Waals surface area (Å²) in [6.07, 6.45) is 5.89. The standard InChI is InChI=1S/C36H27FN2O3/c37-30-7-3-6-27(19-30)28-20-31(34(40)38-21-23-8-10-25(11-9-23)35(41)42)33-32(14-17-39(33)22-28)36(15-16-36)29-13-12-24-4-1-2-5-26(24)18-29/h1-14,17-20,22H,15-16,21H2,(H,38,40)(H,41,42). The molecule has 1 fully saturated rings. The summed E-state index contributed by atoms with van der Waals surface area (Å²) in [6, 6.07) is 31.7. The molecule has 2 aromatic heterocycles. The van der Waals surface area contributed by atoms with Gasteiger partial charge in [0.25, 0.3) is 5.91 Å². The Morgan fingerprint density at radius 3 is 2.36 bits per heavy atom. The average molecular weight is 555 g/mol. The summed E-state index contributed by atoms with van der Waals surface area (Å²) >= 11 is 0. The number of hydrogen-bond donors (Lipinski definition) is 2. The van der Waals surface area contributed by atoms with Crippen molar-refractivity contribution in [2.24, 2.45) is 0 Å². The van der Waals surface area contributed by atoms with Gasteiger partial charge in [0.15, 0.2) is 0 Å². The summed E-state index contributed by atoms with van der Waals surface area (Å²) < 4.78 is 16.1. The zero-order valence-corrected chi connectivity index (χ0v) is 22.7. The van der Waals surface area contributed by atoms with Crippen LogP contribution in [-0.4, -0.2) is 21.4 Å². The number of aromatic carboxylic acids is 1. The van der Waals surface area contributed by atoms with Crippen LogP contribution in [-0.2, 0) is 12.0 Å². The highest BCUT2D eigenvalue weighted by Crippen LogP contribution is 2.55. The van der Waals surface area contributed by atoms with Gasteiger partial charge in [-0.15, -0.1) is 0 Å². The van der Waals surface area contributed by atoms with Crippen LogP contribution in [0.15, 0.2) is 116 Å². The Labute approximate surface area is 241 Å². The Balaban J connectivity index is 1.32. The predicted octanol–water partition coefficient (Wildman–Crippen LogP) is 7.61. The van der Waals surface area contributed by atoms with Crippen LogP contribution in [0.3, 0.4) is 0 Å². The number of rotatable bonds is 7. The number of fused-ring (bicyclic) bond motifs is 2. The molecular weight excluding hydrogens is 527 g/mol. The third-order valence-corrected chi connectivity index (χ3v) is 8.37. The number of carboxylic acids is 1. The minimum atomic E-state index is -0.997. The maximum absolute atomic E-state index is 14.2. The summed E-state index contributed by atoms with van der Waals surface area (Å²) in [5, 5.41) is 14.6. The smallest absolute Gasteiger partial charge is 0.335 e. The van der Waals surface area contributed by atoms with Gasteiger partial charge in [-0.2, -0.15) is 0 Å². The number of pyridine rings is 1. The molecule has 0 saturated heterocycles. The van der Waals surface area contributed by atoms with E-state index in [2.05, 4.69) is 41.7 Å². The highest BCUT2D eigenvalue weighted by atomic mass is 19.1. The van der Waals surface area contributed by atoms with E-state index >= 15 is 0 Å². The normalized spacial score (nSPS) is 13.7. The van der Waals surface area contributed by atoms with Crippen molar-refractivity contribution in [1.82, 2.24) is 9.72 Å². The van der Waals surface area contributed by atoms with E-state index in [0.29, 0.717) is 11.1 Å². The molecule has 6 aromatic rings. The van der Waals surface area contributed by atoms with Crippen LogP contribution in [0.25, 0.3) is 27.4 Å². The first-order valence-corrected chi connectivity index (χ1v) is 13.9. The van der Waals surface area contributed by atoms with Gasteiger partial charge in [-0.05, 0) is 87.8 Å². The van der Waals surface area contributed by atoms with Gasteiger partial charge in [0.05, 0.1) is 16.6 Å². The van der Waals surface area contributed by atoms with Crippen molar-refractivity contribution < 1.29 is 19.1 Å². The number of benzene rings is 4. The molecule has 0 unspecified atom stereocenters. The lowest BCUT2D eigenvalue weighted by atomic mass is 9.86. The molecule has 2 heterocycles. The lowest BCUT2D eigenvalue weighted by Gasteiger charge is -2.19. The van der Waals surface area contributed by atoms with Crippen molar-refractivity contribution in [3.05, 3.63) is 149 Å². The van der Waals surface area contributed by atoms with Crippen molar-refractivity contribution in [2.75, 3.05) is 0 Å². The van der Waals surface area contributed by atoms with Gasteiger partial charge in [-0.3, -0.25) is 4.79 Å². The van der Waals surface area contributed by atoms with Gasteiger partial charge in [0.1, 0.15) is 5.82 Å². The third-order valence-electron chi connectivity index (χ3n) is 8.37. The number of halogens is 1. The van der Waals surface area contributed by atoms with Crippen LogP contribution in [0.4, 0.5) is 4.39 Å². The fourth-order valence-electron chi connectivity index (χ4n) is 6.00. The van der Waals surface area contributed by atoms with Crippen LogP contribution in [0.2, 0.25) is 0 Å². The first-order chi connectivity index (χ1) is 20.4. The van der Waals surface area contributed by atoms with E-state index in [0.717, 1.165) is 35.0 Å². The third kappa shape index (κ3) is 4.51. The molecule has 0 spiro atoms. The van der Waals surface area contributed by atoms with Gasteiger partial charge in [-0.1, -0.05) is 66.7 Å². The van der Waals surface area contributed by atoms with Gasteiger partial charge < -0.3 is 14.8 Å². The zero-order chi connectivity index (χ0) is 28.8. The summed E-state index contributed by atoms with van der Waals surface area (Å²) in [4.78, 5) is 25.1. The molecule has 0 bridgehead atoms. The van der Waals surface area contributed by atoms with Gasteiger partial charge in [0.2, 0.25) is 0 Å². The van der Waals surface area contributed by atoms with Crippen LogP contribution in [0, 0.1) is 5.82 Å². The molecule has 0 atom stereocenters. The fourth-order valence-corrected chi connectivity index (χ4v) is 6.00. The lowest BCUT2D eigenvalue weighted by Crippen LogP contribution is -2.24. The average Bonchev–Trinajstić information content (AvgIpc) is 3.71. The number of carbonyl (C=O) groups is 2. The maximum atomic E-state index is 14.2. The van der Waals surface area contributed by atoms with Crippen molar-refractivity contribution in [3.8, 4) is 11.1 Å². The van der Waals surface area contributed by atoms with Gasteiger partial charge >= 0.3 is 5.97 Å². The first kappa shape index (κ1) is 25.7. The number of carboxylic acid groups (broad SMARTS) is 1. The van der Waals surface area contributed by atoms with Gasteiger partial charge in [0, 0.05) is 24.4 Å².